The Morgan fingerprint density at radius 3 is 2.17 bits per heavy atom. The van der Waals surface area contributed by atoms with E-state index in [4.69, 9.17) is 5.53 Å². The van der Waals surface area contributed by atoms with E-state index in [1.165, 1.54) is 24.3 Å². The van der Waals surface area contributed by atoms with Crippen LogP contribution in [0.1, 0.15) is 22.3 Å². The zero-order valence-corrected chi connectivity index (χ0v) is 9.12. The largest absolute Gasteiger partial charge is 0.450 e. The Bertz CT molecular complexity index is 466. The van der Waals surface area contributed by atoms with Crippen LogP contribution >= 0.6 is 0 Å². The van der Waals surface area contributed by atoms with Gasteiger partial charge in [-0.1, -0.05) is 24.3 Å². The number of halogens is 3. The lowest BCUT2D eigenvalue weighted by Gasteiger charge is -2.04. The molecule has 0 unspecified atom stereocenters. The number of ketones is 2. The van der Waals surface area contributed by atoms with Crippen molar-refractivity contribution in [2.24, 2.45) is 5.11 Å². The summed E-state index contributed by atoms with van der Waals surface area (Å²) in [5.41, 5.74) is 7.31. The molecular formula is C11H9F3N2O2. The van der Waals surface area contributed by atoms with E-state index < -0.39 is 24.2 Å². The van der Waals surface area contributed by atoms with Crippen LogP contribution in [0.3, 0.4) is 0 Å². The average Bonchev–Trinajstić information content (AvgIpc) is 2.29. The Hall–Kier alpha value is -2.05. The van der Waals surface area contributed by atoms with Gasteiger partial charge in [0.2, 0.25) is 5.78 Å². The number of carbonyl (C=O) groups is 2. The quantitative estimate of drug-likeness (QED) is 0.501. The predicted molar refractivity (Wildman–Crippen MR) is 55.3 cm³/mol. The summed E-state index contributed by atoms with van der Waals surface area (Å²) in [6.07, 6.45) is -6.18. The Morgan fingerprint density at radius 2 is 1.72 bits per heavy atom. The summed E-state index contributed by atoms with van der Waals surface area (Å²) in [7, 11) is 0. The number of benzene rings is 1. The first-order valence-electron chi connectivity index (χ1n) is 4.90. The number of nitrogens with zero attached hydrogens (tertiary/aromatic N) is 1. The van der Waals surface area contributed by atoms with Crippen molar-refractivity contribution in [3.8, 4) is 0 Å². The summed E-state index contributed by atoms with van der Waals surface area (Å²) in [5.74, 6) is -2.94. The van der Waals surface area contributed by atoms with Crippen molar-refractivity contribution in [1.82, 2.24) is 0 Å². The second-order valence-corrected chi connectivity index (χ2v) is 3.53. The normalized spacial score (nSPS) is 11.1. The average molecular weight is 258 g/mol. The van der Waals surface area contributed by atoms with Gasteiger partial charge in [-0.3, -0.25) is 9.59 Å². The molecule has 1 aromatic carbocycles. The molecule has 0 heterocycles. The first-order valence-corrected chi connectivity index (χ1v) is 4.90. The van der Waals surface area contributed by atoms with Gasteiger partial charge in [-0.2, -0.15) is 18.3 Å². The van der Waals surface area contributed by atoms with E-state index in [1.807, 2.05) is 0 Å². The second-order valence-electron chi connectivity index (χ2n) is 3.53. The molecule has 0 bridgehead atoms. The minimum absolute atomic E-state index is 0.0290. The zero-order valence-electron chi connectivity index (χ0n) is 9.12. The maximum absolute atomic E-state index is 12.0. The van der Waals surface area contributed by atoms with Crippen LogP contribution in [0.25, 0.3) is 0 Å². The molecule has 18 heavy (non-hydrogen) atoms. The van der Waals surface area contributed by atoms with E-state index in [9.17, 15) is 22.8 Å². The summed E-state index contributed by atoms with van der Waals surface area (Å²) in [6.45, 7) is 0.135. The van der Waals surface area contributed by atoms with Crippen molar-refractivity contribution in [3.05, 3.63) is 35.4 Å². The summed E-state index contributed by atoms with van der Waals surface area (Å²) >= 11 is 0. The molecule has 0 aliphatic rings. The van der Waals surface area contributed by atoms with Gasteiger partial charge < -0.3 is 0 Å². The van der Waals surface area contributed by atoms with Crippen LogP contribution in [-0.4, -0.2) is 17.7 Å². The third kappa shape index (κ3) is 3.76. The van der Waals surface area contributed by atoms with Crippen molar-refractivity contribution in [2.75, 3.05) is 0 Å². The van der Waals surface area contributed by atoms with Crippen LogP contribution < -0.4 is 0 Å². The van der Waals surface area contributed by atoms with Gasteiger partial charge in [-0.15, -0.1) is 0 Å². The lowest BCUT2D eigenvalue weighted by Crippen LogP contribution is -2.25. The fraction of sp³-hybridized carbons (Fsp3) is 0.273. The lowest BCUT2D eigenvalue weighted by atomic mass is 10.0. The van der Waals surface area contributed by atoms with Gasteiger partial charge in [0, 0.05) is 5.56 Å². The van der Waals surface area contributed by atoms with Gasteiger partial charge in [0.25, 0.3) is 0 Å². The van der Waals surface area contributed by atoms with E-state index in [0.29, 0.717) is 5.56 Å². The number of carbonyl (C=O) groups excluding carboxylic acids is 2. The van der Waals surface area contributed by atoms with Gasteiger partial charge >= 0.3 is 6.18 Å². The van der Waals surface area contributed by atoms with E-state index in [0.717, 1.165) is 0 Å². The Balaban J connectivity index is 2.73. The molecule has 0 aliphatic carbocycles. The minimum atomic E-state index is -4.99. The van der Waals surface area contributed by atoms with Crippen molar-refractivity contribution in [1.29, 1.82) is 5.53 Å². The maximum atomic E-state index is 12.0. The highest BCUT2D eigenvalue weighted by atomic mass is 19.4. The van der Waals surface area contributed by atoms with Crippen LogP contribution in [0.15, 0.2) is 29.4 Å². The predicted octanol–water partition coefficient (Wildman–Crippen LogP) is 2.92. The number of hydrogen-bond donors (Lipinski definition) is 1. The van der Waals surface area contributed by atoms with E-state index >= 15 is 0 Å². The summed E-state index contributed by atoms with van der Waals surface area (Å²) in [6, 6.07) is 5.58. The number of Topliss-reactive ketones (excluding diaryl/α,β-unsaturated/α-hetero) is 2. The van der Waals surface area contributed by atoms with Gasteiger partial charge in [-0.25, -0.2) is 5.53 Å². The molecule has 1 aromatic rings. The fourth-order valence-electron chi connectivity index (χ4n) is 1.24. The van der Waals surface area contributed by atoms with Gasteiger partial charge in [0.15, 0.2) is 5.78 Å². The van der Waals surface area contributed by atoms with Gasteiger partial charge in [-0.05, 0) is 5.56 Å². The standard InChI is InChI=1S/C11H9F3N2O2/c12-11(13,14)10(18)5-9(17)8-3-1-7(2-4-8)6-16-15/h1-4,15H,5-6H2. The molecule has 96 valence electrons. The molecule has 0 fully saturated rings. The maximum Gasteiger partial charge on any atom is 0.450 e. The number of hydrogen-bond acceptors (Lipinski definition) is 4. The molecule has 0 aliphatic heterocycles. The molecule has 0 radical (unpaired) electrons. The zero-order chi connectivity index (χ0) is 13.8. The number of nitrogens with one attached hydrogen (secondary N) is 1. The van der Waals surface area contributed by atoms with Crippen molar-refractivity contribution >= 4 is 11.6 Å². The van der Waals surface area contributed by atoms with Crippen molar-refractivity contribution in [2.45, 2.75) is 19.1 Å². The number of alkyl halides is 3. The van der Waals surface area contributed by atoms with Crippen LogP contribution in [0, 0.1) is 5.53 Å². The Kier molecular flexibility index (Phi) is 4.30. The van der Waals surface area contributed by atoms with Crippen molar-refractivity contribution < 1.29 is 22.8 Å². The highest BCUT2D eigenvalue weighted by Crippen LogP contribution is 2.19. The van der Waals surface area contributed by atoms with Gasteiger partial charge in [0.1, 0.15) is 0 Å². The molecule has 0 saturated heterocycles. The summed E-state index contributed by atoms with van der Waals surface area (Å²) in [4.78, 5) is 22.0. The second kappa shape index (κ2) is 5.52. The first kappa shape index (κ1) is 14.0. The van der Waals surface area contributed by atoms with Crippen LogP contribution in [0.2, 0.25) is 0 Å². The highest BCUT2D eigenvalue weighted by molar-refractivity contribution is 6.09. The van der Waals surface area contributed by atoms with Crippen LogP contribution in [-0.2, 0) is 11.3 Å². The summed E-state index contributed by atoms with van der Waals surface area (Å²) in [5, 5.41) is 3.12. The topological polar surface area (TPSA) is 70.3 Å². The SMILES string of the molecule is N=NCc1ccc(C(=O)CC(=O)C(F)(F)F)cc1. The van der Waals surface area contributed by atoms with E-state index in [2.05, 4.69) is 5.11 Å². The number of rotatable bonds is 5. The first-order chi connectivity index (χ1) is 8.34. The third-order valence-corrected chi connectivity index (χ3v) is 2.17. The smallest absolute Gasteiger partial charge is 0.294 e. The van der Waals surface area contributed by atoms with Gasteiger partial charge in [0.05, 0.1) is 13.0 Å². The fourth-order valence-corrected chi connectivity index (χ4v) is 1.24. The molecule has 0 saturated carbocycles. The molecule has 0 amide bonds. The molecule has 4 nitrogen and oxygen atoms in total. The third-order valence-electron chi connectivity index (χ3n) is 2.17. The molecule has 7 heteroatoms. The van der Waals surface area contributed by atoms with Crippen LogP contribution in [0.4, 0.5) is 13.2 Å². The van der Waals surface area contributed by atoms with Crippen molar-refractivity contribution in [3.63, 3.8) is 0 Å². The minimum Gasteiger partial charge on any atom is -0.294 e. The van der Waals surface area contributed by atoms with E-state index in [1.54, 1.807) is 0 Å². The summed E-state index contributed by atoms with van der Waals surface area (Å²) < 4.78 is 35.9. The molecular weight excluding hydrogens is 249 g/mol. The molecule has 0 spiro atoms. The highest BCUT2D eigenvalue weighted by Gasteiger charge is 2.39. The molecule has 1 N–H and O–H groups in total. The van der Waals surface area contributed by atoms with E-state index in [-0.39, 0.29) is 12.1 Å². The lowest BCUT2D eigenvalue weighted by molar-refractivity contribution is -0.170. The van der Waals surface area contributed by atoms with Crippen LogP contribution in [0.5, 0.6) is 0 Å². The molecule has 0 aromatic heterocycles. The Morgan fingerprint density at radius 1 is 1.17 bits per heavy atom. The monoisotopic (exact) mass is 258 g/mol. The molecule has 0 atom stereocenters. The molecule has 1 rings (SSSR count). The Labute approximate surface area is 100 Å².